The van der Waals surface area contributed by atoms with Gasteiger partial charge in [0.05, 0.1) is 0 Å². The summed E-state index contributed by atoms with van der Waals surface area (Å²) in [5.41, 5.74) is 0. The molecule has 60 valence electrons. The molecular weight excluding hydrogens is 240 g/mol. The summed E-state index contributed by atoms with van der Waals surface area (Å²) in [4.78, 5) is 1.32. The molecule has 0 spiro atoms. The zero-order chi connectivity index (χ0) is 8.10. The normalized spacial score (nSPS) is 10.0. The maximum Gasteiger partial charge on any atom is 0.0437 e. The maximum absolute atomic E-state index is 3.50. The molecule has 0 unspecified atom stereocenters. The molecule has 1 aromatic rings. The summed E-state index contributed by atoms with van der Waals surface area (Å²) in [7, 11) is 0. The molecule has 0 aliphatic heterocycles. The first-order chi connectivity index (χ1) is 5.34. The third-order valence-electron chi connectivity index (χ3n) is 1.17. The number of thioether (sulfide) groups is 2. The fraction of sp³-hybridized carbons (Fsp3) is 0.250. The fourth-order valence-corrected chi connectivity index (χ4v) is 2.67. The molecule has 0 amide bonds. The van der Waals surface area contributed by atoms with Crippen LogP contribution in [0.1, 0.15) is 0 Å². The molecular formula is C8H9BrS2. The molecule has 11 heavy (non-hydrogen) atoms. The van der Waals surface area contributed by atoms with E-state index < -0.39 is 0 Å². The van der Waals surface area contributed by atoms with E-state index in [4.69, 9.17) is 0 Å². The molecule has 3 heteroatoms. The average molecular weight is 249 g/mol. The topological polar surface area (TPSA) is 0 Å². The molecule has 0 heterocycles. The van der Waals surface area contributed by atoms with Crippen LogP contribution in [0.5, 0.6) is 0 Å². The molecule has 0 N–H and O–H groups in total. The van der Waals surface area contributed by atoms with E-state index in [-0.39, 0.29) is 0 Å². The molecule has 0 nitrogen and oxygen atoms in total. The smallest absolute Gasteiger partial charge is 0.0437 e. The Balaban J connectivity index is 2.62. The van der Waals surface area contributed by atoms with Gasteiger partial charge in [-0.1, -0.05) is 12.1 Å². The summed E-state index contributed by atoms with van der Waals surface area (Å²) in [6, 6.07) is 8.30. The minimum absolute atomic E-state index is 1.11. The van der Waals surface area contributed by atoms with Crippen LogP contribution >= 0.6 is 39.5 Å². The Morgan fingerprint density at radius 2 is 2.09 bits per heavy atom. The summed E-state index contributed by atoms with van der Waals surface area (Å²) in [6.07, 6.45) is 2.11. The number of hydrogen-bond donors (Lipinski definition) is 0. The summed E-state index contributed by atoms with van der Waals surface area (Å²) in [5, 5.41) is 1.11. The maximum atomic E-state index is 3.50. The molecule has 0 aliphatic carbocycles. The van der Waals surface area contributed by atoms with Gasteiger partial charge in [-0.25, -0.2) is 0 Å². The molecule has 0 aromatic heterocycles. The van der Waals surface area contributed by atoms with E-state index in [1.165, 1.54) is 9.37 Å². The molecule has 0 fully saturated rings. The standard InChI is InChI=1S/C8H9BrS2/c1-10-6-11-8-5-3-2-4-7(8)9/h2-5H,6H2,1H3. The highest BCUT2D eigenvalue weighted by molar-refractivity contribution is 9.10. The molecule has 0 aliphatic rings. The lowest BCUT2D eigenvalue weighted by Crippen LogP contribution is -1.73. The van der Waals surface area contributed by atoms with Gasteiger partial charge in [-0.2, -0.15) is 11.8 Å². The lowest BCUT2D eigenvalue weighted by molar-refractivity contribution is 1.41. The van der Waals surface area contributed by atoms with Gasteiger partial charge in [-0.05, 0) is 34.3 Å². The molecule has 1 aromatic carbocycles. The monoisotopic (exact) mass is 248 g/mol. The highest BCUT2D eigenvalue weighted by Gasteiger charge is 1.96. The molecule has 0 radical (unpaired) electrons. The van der Waals surface area contributed by atoms with E-state index >= 15 is 0 Å². The minimum Gasteiger partial charge on any atom is -0.154 e. The third kappa shape index (κ3) is 3.09. The molecule has 0 bridgehead atoms. The van der Waals surface area contributed by atoms with Crippen molar-refractivity contribution in [1.29, 1.82) is 0 Å². The predicted octanol–water partition coefficient (Wildman–Crippen LogP) is 3.86. The van der Waals surface area contributed by atoms with Crippen LogP contribution in [-0.2, 0) is 0 Å². The van der Waals surface area contributed by atoms with Crippen molar-refractivity contribution in [3.63, 3.8) is 0 Å². The summed E-state index contributed by atoms with van der Waals surface area (Å²) in [6.45, 7) is 0. The molecule has 0 saturated carbocycles. The molecule has 0 saturated heterocycles. The number of benzene rings is 1. The van der Waals surface area contributed by atoms with Crippen molar-refractivity contribution in [3.05, 3.63) is 28.7 Å². The van der Waals surface area contributed by atoms with Gasteiger partial charge in [0.2, 0.25) is 0 Å². The summed E-state index contributed by atoms with van der Waals surface area (Å²) in [5.74, 6) is 0. The zero-order valence-electron chi connectivity index (χ0n) is 6.21. The second-order valence-electron chi connectivity index (χ2n) is 1.98. The van der Waals surface area contributed by atoms with E-state index in [9.17, 15) is 0 Å². The van der Waals surface area contributed by atoms with Crippen molar-refractivity contribution in [1.82, 2.24) is 0 Å². The van der Waals surface area contributed by atoms with Crippen molar-refractivity contribution in [2.45, 2.75) is 4.90 Å². The Kier molecular flexibility index (Phi) is 4.41. The van der Waals surface area contributed by atoms with E-state index in [1.807, 2.05) is 29.6 Å². The minimum atomic E-state index is 1.11. The Hall–Kier alpha value is 0.400. The van der Waals surface area contributed by atoms with Crippen LogP contribution < -0.4 is 0 Å². The highest BCUT2D eigenvalue weighted by Crippen LogP contribution is 2.28. The first-order valence-electron chi connectivity index (χ1n) is 3.21. The second kappa shape index (κ2) is 5.12. The van der Waals surface area contributed by atoms with Gasteiger partial charge < -0.3 is 0 Å². The van der Waals surface area contributed by atoms with Crippen LogP contribution in [0, 0.1) is 0 Å². The van der Waals surface area contributed by atoms with Crippen LogP contribution in [-0.4, -0.2) is 11.3 Å². The predicted molar refractivity (Wildman–Crippen MR) is 58.4 cm³/mol. The van der Waals surface area contributed by atoms with E-state index in [0.29, 0.717) is 0 Å². The van der Waals surface area contributed by atoms with Gasteiger partial charge in [-0.15, -0.1) is 11.8 Å². The summed E-state index contributed by atoms with van der Waals surface area (Å²) >= 11 is 7.21. The highest BCUT2D eigenvalue weighted by atomic mass is 79.9. The number of rotatable bonds is 3. The molecule has 1 rings (SSSR count). The largest absolute Gasteiger partial charge is 0.154 e. The average Bonchev–Trinajstić information content (AvgIpc) is 2.03. The van der Waals surface area contributed by atoms with Crippen LogP contribution in [0.2, 0.25) is 0 Å². The first-order valence-corrected chi connectivity index (χ1v) is 6.38. The van der Waals surface area contributed by atoms with Crippen molar-refractivity contribution in [2.24, 2.45) is 0 Å². The quantitative estimate of drug-likeness (QED) is 0.589. The Bertz CT molecular complexity index is 225. The zero-order valence-corrected chi connectivity index (χ0v) is 9.43. The summed E-state index contributed by atoms with van der Waals surface area (Å²) < 4.78 is 1.19. The Morgan fingerprint density at radius 1 is 1.36 bits per heavy atom. The van der Waals surface area contributed by atoms with E-state index in [0.717, 1.165) is 5.08 Å². The van der Waals surface area contributed by atoms with Crippen molar-refractivity contribution in [3.8, 4) is 0 Å². The van der Waals surface area contributed by atoms with Gasteiger partial charge in [0.15, 0.2) is 0 Å². The Labute approximate surface area is 84.3 Å². The SMILES string of the molecule is CSCSc1ccccc1Br. The lowest BCUT2D eigenvalue weighted by atomic mass is 10.4. The lowest BCUT2D eigenvalue weighted by Gasteiger charge is -2.00. The van der Waals surface area contributed by atoms with E-state index in [1.54, 1.807) is 0 Å². The van der Waals surface area contributed by atoms with Crippen LogP contribution in [0.3, 0.4) is 0 Å². The van der Waals surface area contributed by atoms with Crippen LogP contribution in [0.4, 0.5) is 0 Å². The van der Waals surface area contributed by atoms with Gasteiger partial charge >= 0.3 is 0 Å². The first kappa shape index (κ1) is 9.49. The number of halogens is 1. The van der Waals surface area contributed by atoms with Gasteiger partial charge in [0, 0.05) is 14.5 Å². The van der Waals surface area contributed by atoms with Crippen LogP contribution in [0.25, 0.3) is 0 Å². The second-order valence-corrected chi connectivity index (χ2v) is 5.08. The van der Waals surface area contributed by atoms with E-state index in [2.05, 4.69) is 40.4 Å². The van der Waals surface area contributed by atoms with Gasteiger partial charge in [0.25, 0.3) is 0 Å². The van der Waals surface area contributed by atoms with Crippen molar-refractivity contribution in [2.75, 3.05) is 11.3 Å². The van der Waals surface area contributed by atoms with Gasteiger partial charge in [-0.3, -0.25) is 0 Å². The Morgan fingerprint density at radius 3 is 2.73 bits per heavy atom. The van der Waals surface area contributed by atoms with Gasteiger partial charge in [0.1, 0.15) is 0 Å². The van der Waals surface area contributed by atoms with Crippen molar-refractivity contribution >= 4 is 39.5 Å². The molecule has 0 atom stereocenters. The third-order valence-corrected chi connectivity index (χ3v) is 4.20. The van der Waals surface area contributed by atoms with Crippen molar-refractivity contribution < 1.29 is 0 Å². The van der Waals surface area contributed by atoms with Crippen LogP contribution in [0.15, 0.2) is 33.6 Å². The fourth-order valence-electron chi connectivity index (χ4n) is 0.684. The number of hydrogen-bond acceptors (Lipinski definition) is 2.